The van der Waals surface area contributed by atoms with E-state index in [-0.39, 0.29) is 11.5 Å². The smallest absolute Gasteiger partial charge is 0.280 e. The largest absolute Gasteiger partial charge is 0.294 e. The summed E-state index contributed by atoms with van der Waals surface area (Å²) in [5, 5.41) is 2.81. The van der Waals surface area contributed by atoms with Crippen LogP contribution in [0.15, 0.2) is 35.1 Å². The number of hydrogen-bond donors (Lipinski definition) is 2. The van der Waals surface area contributed by atoms with Crippen molar-refractivity contribution in [2.24, 2.45) is 0 Å². The molecule has 0 atom stereocenters. The quantitative estimate of drug-likeness (QED) is 0.816. The maximum absolute atomic E-state index is 12.0. The Morgan fingerprint density at radius 3 is 2.53 bits per heavy atom. The number of H-pyrrole nitrogens is 1. The van der Waals surface area contributed by atoms with Gasteiger partial charge in [-0.05, 0) is 12.5 Å². The summed E-state index contributed by atoms with van der Waals surface area (Å²) in [5.41, 5.74) is 4.27. The zero-order valence-electron chi connectivity index (χ0n) is 9.65. The lowest BCUT2D eigenvalue weighted by Gasteiger charge is -1.99. The lowest BCUT2D eigenvalue weighted by molar-refractivity contribution is -0.115. The van der Waals surface area contributed by atoms with Crippen LogP contribution in [0.1, 0.15) is 12.6 Å². The van der Waals surface area contributed by atoms with Crippen LogP contribution < -0.4 is 11.0 Å². The van der Waals surface area contributed by atoms with E-state index in [9.17, 15) is 9.59 Å². The minimum atomic E-state index is -0.298. The van der Waals surface area contributed by atoms with E-state index in [2.05, 4.69) is 10.5 Å². The molecule has 2 N–H and O–H groups in total. The molecule has 1 aromatic heterocycles. The van der Waals surface area contributed by atoms with Crippen LogP contribution in [0.4, 0.5) is 0 Å². The lowest BCUT2D eigenvalue weighted by Crippen LogP contribution is -2.30. The van der Waals surface area contributed by atoms with Crippen LogP contribution in [0.2, 0.25) is 0 Å². The molecule has 17 heavy (non-hydrogen) atoms. The molecule has 88 valence electrons. The fourth-order valence-corrected chi connectivity index (χ4v) is 1.73. The van der Waals surface area contributed by atoms with Gasteiger partial charge in [0.1, 0.15) is 0 Å². The Morgan fingerprint density at radius 2 is 1.94 bits per heavy atom. The summed E-state index contributed by atoms with van der Waals surface area (Å²) in [7, 11) is 0. The number of aromatic amines is 1. The highest BCUT2D eigenvalue weighted by Crippen LogP contribution is 2.17. The van der Waals surface area contributed by atoms with E-state index >= 15 is 0 Å². The van der Waals surface area contributed by atoms with Crippen molar-refractivity contribution < 1.29 is 4.79 Å². The van der Waals surface area contributed by atoms with Crippen molar-refractivity contribution >= 4 is 5.91 Å². The summed E-state index contributed by atoms with van der Waals surface area (Å²) < 4.78 is 0. The van der Waals surface area contributed by atoms with E-state index in [1.165, 1.54) is 6.92 Å². The number of aryl methyl sites for hydroxylation is 1. The van der Waals surface area contributed by atoms with E-state index in [1.807, 2.05) is 30.3 Å². The van der Waals surface area contributed by atoms with Gasteiger partial charge in [-0.3, -0.25) is 14.7 Å². The van der Waals surface area contributed by atoms with Gasteiger partial charge < -0.3 is 0 Å². The molecular weight excluding hydrogens is 218 g/mol. The normalized spacial score (nSPS) is 10.2. The summed E-state index contributed by atoms with van der Waals surface area (Å²) in [4.78, 5) is 24.1. The molecule has 0 spiro atoms. The highest BCUT2D eigenvalue weighted by Gasteiger charge is 2.13. The van der Waals surface area contributed by atoms with Gasteiger partial charge in [-0.2, -0.15) is 4.79 Å². The predicted octanol–water partition coefficient (Wildman–Crippen LogP) is 1.24. The Kier molecular flexibility index (Phi) is 2.82. The third-order valence-electron chi connectivity index (χ3n) is 2.40. The molecule has 0 saturated heterocycles. The molecule has 1 heterocycles. The van der Waals surface area contributed by atoms with Gasteiger partial charge in [0.05, 0.1) is 5.56 Å². The van der Waals surface area contributed by atoms with Crippen LogP contribution in [0, 0.1) is 6.92 Å². The van der Waals surface area contributed by atoms with Crippen molar-refractivity contribution in [2.75, 3.05) is 5.43 Å². The van der Waals surface area contributed by atoms with Gasteiger partial charge >= 0.3 is 0 Å². The maximum Gasteiger partial charge on any atom is 0.294 e. The van der Waals surface area contributed by atoms with Gasteiger partial charge in [0, 0.05) is 12.6 Å². The molecular formula is C12H13N3O2. The first-order chi connectivity index (χ1) is 8.09. The van der Waals surface area contributed by atoms with Crippen molar-refractivity contribution in [1.29, 1.82) is 0 Å². The summed E-state index contributed by atoms with van der Waals surface area (Å²) >= 11 is 0. The number of nitrogens with one attached hydrogen (secondary N) is 2. The molecule has 2 aromatic rings. The molecule has 0 fully saturated rings. The number of carbonyl (C=O) groups excluding carboxylic acids is 1. The predicted molar refractivity (Wildman–Crippen MR) is 65.3 cm³/mol. The molecule has 0 saturated carbocycles. The summed E-state index contributed by atoms with van der Waals surface area (Å²) in [6.07, 6.45) is 0. The van der Waals surface area contributed by atoms with Crippen LogP contribution >= 0.6 is 0 Å². The van der Waals surface area contributed by atoms with E-state index in [1.54, 1.807) is 6.92 Å². The summed E-state index contributed by atoms with van der Waals surface area (Å²) in [6.45, 7) is 3.15. The van der Waals surface area contributed by atoms with E-state index in [0.717, 1.165) is 16.0 Å². The fourth-order valence-electron chi connectivity index (χ4n) is 1.73. The number of aromatic nitrogens is 2. The maximum atomic E-state index is 12.0. The molecule has 2 rings (SSSR count). The second-order valence-corrected chi connectivity index (χ2v) is 3.79. The number of nitrogens with zero attached hydrogens (tertiary/aromatic N) is 1. The number of benzene rings is 1. The second kappa shape index (κ2) is 4.29. The third kappa shape index (κ3) is 2.13. The van der Waals surface area contributed by atoms with Crippen LogP contribution in [-0.2, 0) is 4.79 Å². The molecule has 5 heteroatoms. The van der Waals surface area contributed by atoms with Gasteiger partial charge in [-0.15, -0.1) is 0 Å². The van der Waals surface area contributed by atoms with Gasteiger partial charge in [0.25, 0.3) is 5.56 Å². The van der Waals surface area contributed by atoms with Crippen molar-refractivity contribution in [1.82, 2.24) is 9.89 Å². The molecule has 1 aromatic carbocycles. The molecule has 0 aliphatic carbocycles. The third-order valence-corrected chi connectivity index (χ3v) is 2.40. The van der Waals surface area contributed by atoms with Crippen LogP contribution in [0.25, 0.3) is 11.1 Å². The molecule has 0 radical (unpaired) electrons. The van der Waals surface area contributed by atoms with Gasteiger partial charge in [0.2, 0.25) is 5.91 Å². The van der Waals surface area contributed by atoms with E-state index in [4.69, 9.17) is 0 Å². The average Bonchev–Trinajstić information content (AvgIpc) is 2.54. The number of carbonyl (C=O) groups is 1. The Labute approximate surface area is 98.0 Å². The van der Waals surface area contributed by atoms with Crippen molar-refractivity contribution in [2.45, 2.75) is 13.8 Å². The number of hydrogen-bond acceptors (Lipinski definition) is 2. The Bertz CT molecular complexity index is 596. The molecule has 1 amide bonds. The minimum absolute atomic E-state index is 0.260. The summed E-state index contributed by atoms with van der Waals surface area (Å²) in [5.74, 6) is -0.298. The first-order valence-electron chi connectivity index (χ1n) is 5.24. The molecule has 0 aliphatic heterocycles. The zero-order valence-corrected chi connectivity index (χ0v) is 9.65. The highest BCUT2D eigenvalue weighted by molar-refractivity contribution is 5.81. The first kappa shape index (κ1) is 11.2. The van der Waals surface area contributed by atoms with Gasteiger partial charge in [-0.25, -0.2) is 5.43 Å². The van der Waals surface area contributed by atoms with E-state index in [0.29, 0.717) is 5.56 Å². The van der Waals surface area contributed by atoms with Crippen molar-refractivity contribution in [3.05, 3.63) is 46.4 Å². The number of amides is 1. The van der Waals surface area contributed by atoms with Crippen molar-refractivity contribution in [3.63, 3.8) is 0 Å². The average molecular weight is 231 g/mol. The topological polar surface area (TPSA) is 66.9 Å². The summed E-state index contributed by atoms with van der Waals surface area (Å²) in [6, 6.07) is 9.33. The fraction of sp³-hybridized carbons (Fsp3) is 0.167. The molecule has 0 unspecified atom stereocenters. The van der Waals surface area contributed by atoms with Crippen molar-refractivity contribution in [3.8, 4) is 11.1 Å². The van der Waals surface area contributed by atoms with E-state index < -0.39 is 0 Å². The van der Waals surface area contributed by atoms with Crippen LogP contribution in [-0.4, -0.2) is 15.8 Å². The highest BCUT2D eigenvalue weighted by atomic mass is 16.2. The Hall–Kier alpha value is -2.30. The van der Waals surface area contributed by atoms with Gasteiger partial charge in [-0.1, -0.05) is 30.3 Å². The monoisotopic (exact) mass is 231 g/mol. The molecule has 0 bridgehead atoms. The SMILES string of the molecule is CC(=O)Nn1[nH]c(C)c(-c2ccccc2)c1=O. The molecule has 5 nitrogen and oxygen atoms in total. The van der Waals surface area contributed by atoms with Crippen LogP contribution in [0.5, 0.6) is 0 Å². The molecule has 0 aliphatic rings. The second-order valence-electron chi connectivity index (χ2n) is 3.79. The standard InChI is InChI=1S/C12H13N3O2/c1-8-11(10-6-4-3-5-7-10)12(17)15(13-8)14-9(2)16/h3-7,13H,1-2H3,(H,14,16). The Morgan fingerprint density at radius 1 is 1.29 bits per heavy atom. The minimum Gasteiger partial charge on any atom is -0.280 e. The first-order valence-corrected chi connectivity index (χ1v) is 5.24. The van der Waals surface area contributed by atoms with Gasteiger partial charge in [0.15, 0.2) is 0 Å². The zero-order chi connectivity index (χ0) is 12.4. The number of rotatable bonds is 2. The Balaban J connectivity index is 2.53. The van der Waals surface area contributed by atoms with Crippen LogP contribution in [0.3, 0.4) is 0 Å². The lowest BCUT2D eigenvalue weighted by atomic mass is 10.1.